The first kappa shape index (κ1) is 15.0. The van der Waals surface area contributed by atoms with Crippen LogP contribution in [-0.2, 0) is 10.0 Å². The minimum Gasteiger partial charge on any atom is -0.332 e. The molecular formula is C15H25N3O2S. The predicted molar refractivity (Wildman–Crippen MR) is 84.7 cm³/mol. The van der Waals surface area contributed by atoms with Crippen molar-refractivity contribution in [2.45, 2.75) is 70.2 Å². The normalized spacial score (nSPS) is 30.8. The van der Waals surface area contributed by atoms with Crippen LogP contribution in [0.3, 0.4) is 0 Å². The van der Waals surface area contributed by atoms with Gasteiger partial charge in [-0.05, 0) is 39.2 Å². The molecule has 1 saturated carbocycles. The molecule has 0 aromatic rings. The van der Waals surface area contributed by atoms with E-state index in [9.17, 15) is 8.42 Å². The number of nitrogens with one attached hydrogen (secondary N) is 1. The fraction of sp³-hybridized carbons (Fsp3) is 0.800. The number of aliphatic imine (C=N–C) groups is 1. The maximum atomic E-state index is 12.4. The second kappa shape index (κ2) is 5.39. The van der Waals surface area contributed by atoms with Crippen molar-refractivity contribution < 1.29 is 8.42 Å². The average Bonchev–Trinajstić information content (AvgIpc) is 3.04. The summed E-state index contributed by atoms with van der Waals surface area (Å²) in [6.07, 6.45) is 4.48. The Labute approximate surface area is 127 Å². The molecule has 0 bridgehead atoms. The highest BCUT2D eigenvalue weighted by Gasteiger charge is 2.37. The van der Waals surface area contributed by atoms with Crippen LogP contribution in [0.2, 0.25) is 0 Å². The van der Waals surface area contributed by atoms with E-state index < -0.39 is 10.0 Å². The first-order valence-electron chi connectivity index (χ1n) is 7.91. The number of hydrogen-bond donors (Lipinski definition) is 1. The van der Waals surface area contributed by atoms with Crippen LogP contribution < -0.4 is 4.72 Å². The second-order valence-electron chi connectivity index (χ2n) is 6.56. The molecule has 0 radical (unpaired) electrons. The molecule has 1 N–H and O–H groups in total. The van der Waals surface area contributed by atoms with Gasteiger partial charge in [0.1, 0.15) is 5.84 Å². The molecule has 2 atom stereocenters. The Balaban J connectivity index is 1.74. The summed E-state index contributed by atoms with van der Waals surface area (Å²) < 4.78 is 27.8. The van der Waals surface area contributed by atoms with Gasteiger partial charge in [0, 0.05) is 24.7 Å². The van der Waals surface area contributed by atoms with Gasteiger partial charge in [-0.1, -0.05) is 12.8 Å². The molecule has 3 rings (SSSR count). The molecule has 0 aromatic heterocycles. The molecule has 0 spiro atoms. The van der Waals surface area contributed by atoms with E-state index in [0.717, 1.165) is 37.9 Å². The third kappa shape index (κ3) is 2.75. The standard InChI is InChI=1S/C15H25N3O2S/c1-10-11(2)16-12(3)18-9-13(8-15(10)18)17-21(19,20)14-6-4-5-7-14/h11,13-14,17H,4-9H2,1-3H3/t11-,13-/m0/s1. The van der Waals surface area contributed by atoms with E-state index in [-0.39, 0.29) is 17.3 Å². The first-order valence-corrected chi connectivity index (χ1v) is 9.46. The number of amidine groups is 1. The smallest absolute Gasteiger partial charge is 0.214 e. The Morgan fingerprint density at radius 1 is 1.24 bits per heavy atom. The second-order valence-corrected chi connectivity index (χ2v) is 8.56. The quantitative estimate of drug-likeness (QED) is 0.867. The van der Waals surface area contributed by atoms with Crippen LogP contribution in [0.1, 0.15) is 52.9 Å². The van der Waals surface area contributed by atoms with Gasteiger partial charge in [-0.3, -0.25) is 4.99 Å². The SMILES string of the molecule is CC1=N[C@@H](C)C(C)=C2C[C@H](NS(=O)(=O)C3CCCC3)CN12. The summed E-state index contributed by atoms with van der Waals surface area (Å²) in [4.78, 5) is 6.80. The summed E-state index contributed by atoms with van der Waals surface area (Å²) in [7, 11) is -3.17. The van der Waals surface area contributed by atoms with Crippen molar-refractivity contribution in [3.05, 3.63) is 11.3 Å². The van der Waals surface area contributed by atoms with E-state index >= 15 is 0 Å². The van der Waals surface area contributed by atoms with Gasteiger partial charge in [-0.25, -0.2) is 13.1 Å². The zero-order chi connectivity index (χ0) is 15.2. The number of rotatable bonds is 3. The summed E-state index contributed by atoms with van der Waals surface area (Å²) in [5, 5.41) is -0.182. The Kier molecular flexibility index (Phi) is 3.86. The van der Waals surface area contributed by atoms with Crippen molar-refractivity contribution in [3.63, 3.8) is 0 Å². The maximum absolute atomic E-state index is 12.4. The minimum atomic E-state index is -3.17. The fourth-order valence-electron chi connectivity index (χ4n) is 3.73. The molecule has 3 aliphatic rings. The topological polar surface area (TPSA) is 61.8 Å². The highest BCUT2D eigenvalue weighted by Crippen LogP contribution is 2.32. The summed E-state index contributed by atoms with van der Waals surface area (Å²) in [5.74, 6) is 1.01. The lowest BCUT2D eigenvalue weighted by molar-refractivity contribution is 0.505. The number of hydrogen-bond acceptors (Lipinski definition) is 4. The Morgan fingerprint density at radius 3 is 2.57 bits per heavy atom. The Hall–Kier alpha value is -0.880. The predicted octanol–water partition coefficient (Wildman–Crippen LogP) is 2.02. The van der Waals surface area contributed by atoms with Gasteiger partial charge in [-0.15, -0.1) is 0 Å². The third-order valence-corrected chi connectivity index (χ3v) is 7.10. The van der Waals surface area contributed by atoms with E-state index in [2.05, 4.69) is 28.5 Å². The van der Waals surface area contributed by atoms with Gasteiger partial charge in [0.05, 0.1) is 11.3 Å². The lowest BCUT2D eigenvalue weighted by Crippen LogP contribution is -2.42. The molecule has 118 valence electrons. The summed E-state index contributed by atoms with van der Waals surface area (Å²) >= 11 is 0. The number of fused-ring (bicyclic) bond motifs is 1. The van der Waals surface area contributed by atoms with E-state index in [1.54, 1.807) is 0 Å². The van der Waals surface area contributed by atoms with Crippen LogP contribution >= 0.6 is 0 Å². The maximum Gasteiger partial charge on any atom is 0.214 e. The van der Waals surface area contributed by atoms with Crippen LogP contribution in [0, 0.1) is 0 Å². The summed E-state index contributed by atoms with van der Waals surface area (Å²) in [6.45, 7) is 6.92. The number of sulfonamides is 1. The van der Waals surface area contributed by atoms with Crippen LogP contribution in [0.4, 0.5) is 0 Å². The van der Waals surface area contributed by atoms with Crippen molar-refractivity contribution in [2.75, 3.05) is 6.54 Å². The molecule has 1 aliphatic carbocycles. The van der Waals surface area contributed by atoms with Crippen LogP contribution in [0.5, 0.6) is 0 Å². The van der Waals surface area contributed by atoms with Crippen LogP contribution in [0.25, 0.3) is 0 Å². The zero-order valence-corrected chi connectivity index (χ0v) is 13.9. The van der Waals surface area contributed by atoms with Crippen LogP contribution in [-0.4, -0.2) is 43.0 Å². The molecule has 1 saturated heterocycles. The van der Waals surface area contributed by atoms with Gasteiger partial charge >= 0.3 is 0 Å². The molecule has 2 aliphatic heterocycles. The molecule has 2 heterocycles. The fourth-order valence-corrected chi connectivity index (χ4v) is 5.50. The Morgan fingerprint density at radius 2 is 1.90 bits per heavy atom. The van der Waals surface area contributed by atoms with E-state index in [1.807, 2.05) is 6.92 Å². The Bertz CT molecular complexity index is 588. The van der Waals surface area contributed by atoms with E-state index in [0.29, 0.717) is 6.54 Å². The van der Waals surface area contributed by atoms with Crippen molar-refractivity contribution in [1.29, 1.82) is 0 Å². The van der Waals surface area contributed by atoms with Crippen molar-refractivity contribution in [1.82, 2.24) is 9.62 Å². The van der Waals surface area contributed by atoms with Gasteiger partial charge in [0.2, 0.25) is 10.0 Å². The van der Waals surface area contributed by atoms with Gasteiger partial charge in [-0.2, -0.15) is 0 Å². The highest BCUT2D eigenvalue weighted by molar-refractivity contribution is 7.90. The molecule has 21 heavy (non-hydrogen) atoms. The van der Waals surface area contributed by atoms with E-state index in [1.165, 1.54) is 11.3 Å². The lowest BCUT2D eigenvalue weighted by atomic mass is 10.0. The third-order valence-electron chi connectivity index (χ3n) is 5.09. The van der Waals surface area contributed by atoms with Crippen molar-refractivity contribution in [2.24, 2.45) is 4.99 Å². The van der Waals surface area contributed by atoms with Gasteiger partial charge < -0.3 is 4.90 Å². The number of nitrogens with zero attached hydrogens (tertiary/aromatic N) is 2. The average molecular weight is 311 g/mol. The monoisotopic (exact) mass is 311 g/mol. The molecule has 0 unspecified atom stereocenters. The summed E-state index contributed by atoms with van der Waals surface area (Å²) in [5.41, 5.74) is 2.53. The van der Waals surface area contributed by atoms with E-state index in [4.69, 9.17) is 0 Å². The molecule has 2 fully saturated rings. The largest absolute Gasteiger partial charge is 0.332 e. The minimum absolute atomic E-state index is 0.0176. The van der Waals surface area contributed by atoms with Crippen molar-refractivity contribution >= 4 is 15.9 Å². The lowest BCUT2D eigenvalue weighted by Gasteiger charge is -2.28. The highest BCUT2D eigenvalue weighted by atomic mass is 32.2. The molecule has 0 amide bonds. The van der Waals surface area contributed by atoms with Gasteiger partial charge in [0.25, 0.3) is 0 Å². The summed E-state index contributed by atoms with van der Waals surface area (Å²) in [6, 6.07) is 0.192. The van der Waals surface area contributed by atoms with Crippen LogP contribution in [0.15, 0.2) is 16.3 Å². The van der Waals surface area contributed by atoms with Gasteiger partial charge in [0.15, 0.2) is 0 Å². The molecule has 6 heteroatoms. The van der Waals surface area contributed by atoms with Crippen molar-refractivity contribution in [3.8, 4) is 0 Å². The molecule has 5 nitrogen and oxygen atoms in total. The molecule has 0 aromatic carbocycles. The molecular weight excluding hydrogens is 286 g/mol. The zero-order valence-electron chi connectivity index (χ0n) is 13.1. The first-order chi connectivity index (χ1) is 9.88.